The Kier molecular flexibility index (Phi) is 2.26. The third-order valence-electron chi connectivity index (χ3n) is 1.66. The highest BCUT2D eigenvalue weighted by Gasteiger charge is 2.17. The Morgan fingerprint density at radius 3 is 2.82 bits per heavy atom. The monoisotopic (exact) mass is 150 g/mol. The average Bonchev–Trinajstić information content (AvgIpc) is 2.04. The van der Waals surface area contributed by atoms with Crippen LogP contribution < -0.4 is 0 Å². The summed E-state index contributed by atoms with van der Waals surface area (Å²) >= 11 is 0. The van der Waals surface area contributed by atoms with Gasteiger partial charge in [0.05, 0.1) is 5.92 Å². The molecule has 1 aliphatic rings. The minimum atomic E-state index is -0.793. The Morgan fingerprint density at radius 2 is 2.36 bits per heavy atom. The van der Waals surface area contributed by atoms with Crippen molar-refractivity contribution in [2.24, 2.45) is 5.92 Å². The van der Waals surface area contributed by atoms with Gasteiger partial charge in [-0.15, -0.1) is 0 Å². The van der Waals surface area contributed by atoms with Crippen molar-refractivity contribution in [2.75, 3.05) is 0 Å². The van der Waals surface area contributed by atoms with Crippen LogP contribution in [0.4, 0.5) is 0 Å². The summed E-state index contributed by atoms with van der Waals surface area (Å²) in [6.45, 7) is 1.84. The zero-order chi connectivity index (χ0) is 8.27. The lowest BCUT2D eigenvalue weighted by Crippen LogP contribution is -2.13. The van der Waals surface area contributed by atoms with Gasteiger partial charge in [0.1, 0.15) is 0 Å². The van der Waals surface area contributed by atoms with Crippen LogP contribution in [0.3, 0.4) is 0 Å². The van der Waals surface area contributed by atoms with Crippen LogP contribution in [-0.2, 0) is 4.79 Å². The second kappa shape index (κ2) is 3.19. The average molecular weight is 150 g/mol. The normalized spacial score (nSPS) is 25.9. The van der Waals surface area contributed by atoms with Crippen molar-refractivity contribution in [1.82, 2.24) is 0 Å². The summed E-state index contributed by atoms with van der Waals surface area (Å²) in [5.41, 5.74) is 0.847. The molecule has 1 aliphatic carbocycles. The highest BCUT2D eigenvalue weighted by molar-refractivity contribution is 5.77. The van der Waals surface area contributed by atoms with E-state index < -0.39 is 11.9 Å². The molecule has 0 spiro atoms. The van der Waals surface area contributed by atoms with Crippen LogP contribution in [0.15, 0.2) is 36.0 Å². The van der Waals surface area contributed by atoms with Crippen molar-refractivity contribution in [3.63, 3.8) is 0 Å². The summed E-state index contributed by atoms with van der Waals surface area (Å²) in [4.78, 5) is 10.6. The Morgan fingerprint density at radius 1 is 1.64 bits per heavy atom. The van der Waals surface area contributed by atoms with Gasteiger partial charge >= 0.3 is 5.97 Å². The first-order valence-electron chi connectivity index (χ1n) is 3.49. The molecule has 0 fully saturated rings. The molecule has 1 rings (SSSR count). The number of hydrogen-bond acceptors (Lipinski definition) is 1. The van der Waals surface area contributed by atoms with E-state index in [1.165, 1.54) is 0 Å². The summed E-state index contributed by atoms with van der Waals surface area (Å²) < 4.78 is 0. The maximum Gasteiger partial charge on any atom is 0.314 e. The molecule has 0 aromatic carbocycles. The summed E-state index contributed by atoms with van der Waals surface area (Å²) in [6.07, 6.45) is 8.91. The van der Waals surface area contributed by atoms with Crippen LogP contribution in [0.25, 0.3) is 0 Å². The maximum atomic E-state index is 10.6. The molecule has 58 valence electrons. The van der Waals surface area contributed by atoms with E-state index in [0.717, 1.165) is 5.57 Å². The van der Waals surface area contributed by atoms with Gasteiger partial charge < -0.3 is 5.11 Å². The molecule has 0 bridgehead atoms. The van der Waals surface area contributed by atoms with E-state index in [0.29, 0.717) is 0 Å². The number of hydrogen-bond donors (Lipinski definition) is 1. The van der Waals surface area contributed by atoms with E-state index >= 15 is 0 Å². The fourth-order valence-electron chi connectivity index (χ4n) is 1.06. The Labute approximate surface area is 65.5 Å². The number of aliphatic carboxylic acids is 1. The molecule has 11 heavy (non-hydrogen) atoms. The molecule has 0 aromatic rings. The first-order valence-corrected chi connectivity index (χ1v) is 3.49. The minimum Gasteiger partial charge on any atom is -0.481 e. The molecular formula is C9H10O2. The predicted octanol–water partition coefficient (Wildman–Crippen LogP) is 1.76. The number of carboxylic acid groups (broad SMARTS) is 1. The second-order valence-corrected chi connectivity index (χ2v) is 2.35. The zero-order valence-electron chi connectivity index (χ0n) is 6.32. The summed E-state index contributed by atoms with van der Waals surface area (Å²) in [5.74, 6) is -1.25. The number of allylic oxidation sites excluding steroid dienone is 4. The fourth-order valence-corrected chi connectivity index (χ4v) is 1.06. The van der Waals surface area contributed by atoms with Gasteiger partial charge in [0.15, 0.2) is 0 Å². The number of rotatable bonds is 1. The van der Waals surface area contributed by atoms with Gasteiger partial charge in [-0.25, -0.2) is 0 Å². The van der Waals surface area contributed by atoms with Crippen LogP contribution >= 0.6 is 0 Å². The standard InChI is InChI=1S/C9H10O2/c1-2-7-5-3-4-6-8(7)9(10)11/h2-6,8H,1H3,(H,10,11). The van der Waals surface area contributed by atoms with Crippen molar-refractivity contribution in [3.8, 4) is 0 Å². The first-order chi connectivity index (χ1) is 5.25. The largest absolute Gasteiger partial charge is 0.481 e. The van der Waals surface area contributed by atoms with Gasteiger partial charge in [-0.2, -0.15) is 0 Å². The van der Waals surface area contributed by atoms with E-state index in [1.54, 1.807) is 12.2 Å². The Bertz CT molecular complexity index is 246. The van der Waals surface area contributed by atoms with Gasteiger partial charge in [-0.05, 0) is 12.5 Å². The fraction of sp³-hybridized carbons (Fsp3) is 0.222. The molecule has 0 saturated carbocycles. The van der Waals surface area contributed by atoms with E-state index in [4.69, 9.17) is 5.11 Å². The molecule has 2 nitrogen and oxygen atoms in total. The van der Waals surface area contributed by atoms with Crippen molar-refractivity contribution >= 4 is 5.97 Å². The lowest BCUT2D eigenvalue weighted by Gasteiger charge is -2.10. The highest BCUT2D eigenvalue weighted by atomic mass is 16.4. The minimum absolute atomic E-state index is 0.454. The molecule has 0 aromatic heterocycles. The number of carboxylic acids is 1. The van der Waals surface area contributed by atoms with Crippen molar-refractivity contribution < 1.29 is 9.90 Å². The SMILES string of the molecule is CC=C1C=CC=CC1C(=O)O. The van der Waals surface area contributed by atoms with Crippen LogP contribution in [0, 0.1) is 5.92 Å². The van der Waals surface area contributed by atoms with Crippen molar-refractivity contribution in [1.29, 1.82) is 0 Å². The Hall–Kier alpha value is -1.31. The number of carbonyl (C=O) groups is 1. The molecule has 0 heterocycles. The van der Waals surface area contributed by atoms with Gasteiger partial charge in [0.2, 0.25) is 0 Å². The zero-order valence-corrected chi connectivity index (χ0v) is 6.32. The van der Waals surface area contributed by atoms with E-state index in [1.807, 2.05) is 25.2 Å². The van der Waals surface area contributed by atoms with Crippen LogP contribution in [0.2, 0.25) is 0 Å². The van der Waals surface area contributed by atoms with E-state index in [9.17, 15) is 4.79 Å². The molecule has 0 aliphatic heterocycles. The van der Waals surface area contributed by atoms with Gasteiger partial charge in [0.25, 0.3) is 0 Å². The first kappa shape index (κ1) is 7.79. The third kappa shape index (κ3) is 1.58. The molecule has 0 amide bonds. The van der Waals surface area contributed by atoms with E-state index in [-0.39, 0.29) is 0 Å². The van der Waals surface area contributed by atoms with Crippen LogP contribution in [0.1, 0.15) is 6.92 Å². The molecule has 2 heteroatoms. The van der Waals surface area contributed by atoms with Crippen LogP contribution in [-0.4, -0.2) is 11.1 Å². The topological polar surface area (TPSA) is 37.3 Å². The molecule has 0 radical (unpaired) electrons. The smallest absolute Gasteiger partial charge is 0.314 e. The van der Waals surface area contributed by atoms with Crippen LogP contribution in [0.5, 0.6) is 0 Å². The Balaban J connectivity index is 2.88. The maximum absolute atomic E-state index is 10.6. The van der Waals surface area contributed by atoms with Crippen molar-refractivity contribution in [2.45, 2.75) is 6.92 Å². The molecule has 0 saturated heterocycles. The quantitative estimate of drug-likeness (QED) is 0.618. The molecule has 1 atom stereocenters. The van der Waals surface area contributed by atoms with Gasteiger partial charge in [-0.1, -0.05) is 30.4 Å². The highest BCUT2D eigenvalue weighted by Crippen LogP contribution is 2.18. The third-order valence-corrected chi connectivity index (χ3v) is 1.66. The summed E-state index contributed by atoms with van der Waals surface area (Å²) in [6, 6.07) is 0. The van der Waals surface area contributed by atoms with Crippen molar-refractivity contribution in [3.05, 3.63) is 36.0 Å². The molecule has 1 N–H and O–H groups in total. The summed E-state index contributed by atoms with van der Waals surface area (Å²) in [7, 11) is 0. The predicted molar refractivity (Wildman–Crippen MR) is 43.2 cm³/mol. The second-order valence-electron chi connectivity index (χ2n) is 2.35. The van der Waals surface area contributed by atoms with Gasteiger partial charge in [0, 0.05) is 0 Å². The molecular weight excluding hydrogens is 140 g/mol. The molecule has 1 unspecified atom stereocenters. The van der Waals surface area contributed by atoms with E-state index in [2.05, 4.69) is 0 Å². The summed E-state index contributed by atoms with van der Waals surface area (Å²) in [5, 5.41) is 8.71. The van der Waals surface area contributed by atoms with Gasteiger partial charge in [-0.3, -0.25) is 4.79 Å². The lowest BCUT2D eigenvalue weighted by molar-refractivity contribution is -0.138. The lowest BCUT2D eigenvalue weighted by atomic mass is 9.95.